The number of thioether (sulfide) groups is 1. The Kier molecular flexibility index (Phi) is 2.97. The highest BCUT2D eigenvalue weighted by molar-refractivity contribution is 7.99. The van der Waals surface area contributed by atoms with Crippen molar-refractivity contribution in [3.63, 3.8) is 0 Å². The Morgan fingerprint density at radius 2 is 2.18 bits per heavy atom. The summed E-state index contributed by atoms with van der Waals surface area (Å²) in [6.45, 7) is 0. The topological polar surface area (TPSA) is 26.5 Å². The molecule has 0 saturated carbocycles. The van der Waals surface area contributed by atoms with Crippen LogP contribution in [0, 0.1) is 0 Å². The highest BCUT2D eigenvalue weighted by atomic mass is 32.2. The van der Waals surface area contributed by atoms with Gasteiger partial charge in [0, 0.05) is 5.92 Å². The fraction of sp³-hybridized carbons (Fsp3) is 0.462. The minimum absolute atomic E-state index is 0.579. The van der Waals surface area contributed by atoms with Crippen LogP contribution in [-0.2, 0) is 0 Å². The van der Waals surface area contributed by atoms with E-state index in [0.717, 1.165) is 17.2 Å². The van der Waals surface area contributed by atoms with E-state index >= 15 is 0 Å². The molecule has 4 heteroatoms. The SMILES string of the molecule is COc1cccc2cnc(C3CCSCC3)n12. The van der Waals surface area contributed by atoms with E-state index in [1.807, 2.05) is 30.1 Å². The van der Waals surface area contributed by atoms with Crippen molar-refractivity contribution >= 4 is 17.3 Å². The highest BCUT2D eigenvalue weighted by Gasteiger charge is 2.21. The van der Waals surface area contributed by atoms with E-state index in [1.165, 1.54) is 24.3 Å². The first-order valence-corrected chi connectivity index (χ1v) is 7.13. The summed E-state index contributed by atoms with van der Waals surface area (Å²) in [5.74, 6) is 5.12. The third-order valence-corrected chi connectivity index (χ3v) is 4.39. The predicted octanol–water partition coefficient (Wildman–Crippen LogP) is 2.95. The lowest BCUT2D eigenvalue weighted by Gasteiger charge is -2.21. The zero-order valence-electron chi connectivity index (χ0n) is 9.93. The molecule has 2 aromatic rings. The molecule has 0 unspecified atom stereocenters. The first-order chi connectivity index (χ1) is 8.40. The zero-order chi connectivity index (χ0) is 11.7. The number of imidazole rings is 1. The first-order valence-electron chi connectivity index (χ1n) is 5.98. The van der Waals surface area contributed by atoms with E-state index in [4.69, 9.17) is 4.74 Å². The summed E-state index contributed by atoms with van der Waals surface area (Å²) in [5, 5.41) is 0. The lowest BCUT2D eigenvalue weighted by Crippen LogP contribution is -2.12. The molecule has 0 aromatic carbocycles. The second-order valence-corrected chi connectivity index (χ2v) is 5.56. The van der Waals surface area contributed by atoms with Crippen LogP contribution in [-0.4, -0.2) is 28.0 Å². The molecular weight excluding hydrogens is 232 g/mol. The number of fused-ring (bicyclic) bond motifs is 1. The lowest BCUT2D eigenvalue weighted by molar-refractivity contribution is 0.387. The van der Waals surface area contributed by atoms with Gasteiger partial charge in [-0.3, -0.25) is 4.40 Å². The molecular formula is C13H16N2OS. The van der Waals surface area contributed by atoms with Crippen molar-refractivity contribution in [1.29, 1.82) is 0 Å². The summed E-state index contributed by atoms with van der Waals surface area (Å²) in [5.41, 5.74) is 1.12. The van der Waals surface area contributed by atoms with Gasteiger partial charge >= 0.3 is 0 Å². The van der Waals surface area contributed by atoms with Gasteiger partial charge in [-0.1, -0.05) is 6.07 Å². The maximum Gasteiger partial charge on any atom is 0.199 e. The Bertz CT molecular complexity index is 517. The van der Waals surface area contributed by atoms with Crippen molar-refractivity contribution in [2.24, 2.45) is 0 Å². The Hall–Kier alpha value is -1.16. The number of hydrogen-bond donors (Lipinski definition) is 0. The van der Waals surface area contributed by atoms with Crippen LogP contribution in [0.1, 0.15) is 24.6 Å². The molecule has 0 spiro atoms. The summed E-state index contributed by atoms with van der Waals surface area (Å²) < 4.78 is 7.59. The number of methoxy groups -OCH3 is 1. The number of aromatic nitrogens is 2. The van der Waals surface area contributed by atoms with Crippen LogP contribution in [0.3, 0.4) is 0 Å². The fourth-order valence-corrected chi connectivity index (χ4v) is 3.55. The molecule has 1 aliphatic rings. The second-order valence-electron chi connectivity index (χ2n) is 4.33. The average Bonchev–Trinajstić information content (AvgIpc) is 2.83. The van der Waals surface area contributed by atoms with E-state index in [9.17, 15) is 0 Å². The smallest absolute Gasteiger partial charge is 0.199 e. The second kappa shape index (κ2) is 4.61. The molecule has 0 amide bonds. The summed E-state index contributed by atoms with van der Waals surface area (Å²) in [6.07, 6.45) is 4.39. The third kappa shape index (κ3) is 1.90. The largest absolute Gasteiger partial charge is 0.482 e. The first kappa shape index (κ1) is 11.0. The molecule has 0 radical (unpaired) electrons. The van der Waals surface area contributed by atoms with Crippen molar-refractivity contribution in [2.75, 3.05) is 18.6 Å². The van der Waals surface area contributed by atoms with Crippen LogP contribution in [0.5, 0.6) is 5.88 Å². The molecule has 0 N–H and O–H groups in total. The number of rotatable bonds is 2. The fourth-order valence-electron chi connectivity index (χ4n) is 2.44. The minimum atomic E-state index is 0.579. The monoisotopic (exact) mass is 248 g/mol. The van der Waals surface area contributed by atoms with Crippen LogP contribution in [0.4, 0.5) is 0 Å². The zero-order valence-corrected chi connectivity index (χ0v) is 10.7. The van der Waals surface area contributed by atoms with Gasteiger partial charge in [0.15, 0.2) is 5.88 Å². The van der Waals surface area contributed by atoms with E-state index < -0.39 is 0 Å². The van der Waals surface area contributed by atoms with Gasteiger partial charge in [0.25, 0.3) is 0 Å². The molecule has 1 aliphatic heterocycles. The Morgan fingerprint density at radius 1 is 1.35 bits per heavy atom. The van der Waals surface area contributed by atoms with E-state index in [2.05, 4.69) is 15.5 Å². The quantitative estimate of drug-likeness (QED) is 0.817. The normalized spacial score (nSPS) is 17.5. The number of ether oxygens (including phenoxy) is 1. The summed E-state index contributed by atoms with van der Waals surface area (Å²) in [6, 6.07) is 6.09. The standard InChI is InChI=1S/C13H16N2OS/c1-16-12-4-2-3-11-9-14-13(15(11)12)10-5-7-17-8-6-10/h2-4,9-10H,5-8H2,1H3. The Balaban J connectivity index is 2.09. The van der Waals surface area contributed by atoms with Gasteiger partial charge in [0.1, 0.15) is 5.82 Å². The van der Waals surface area contributed by atoms with Crippen LogP contribution >= 0.6 is 11.8 Å². The van der Waals surface area contributed by atoms with Gasteiger partial charge in [0.2, 0.25) is 0 Å². The molecule has 0 atom stereocenters. The maximum absolute atomic E-state index is 5.44. The molecule has 2 aromatic heterocycles. The van der Waals surface area contributed by atoms with Gasteiger partial charge in [-0.2, -0.15) is 11.8 Å². The molecule has 3 nitrogen and oxygen atoms in total. The number of hydrogen-bond acceptors (Lipinski definition) is 3. The van der Waals surface area contributed by atoms with Crippen LogP contribution in [0.25, 0.3) is 5.52 Å². The molecule has 1 saturated heterocycles. The predicted molar refractivity (Wildman–Crippen MR) is 71.0 cm³/mol. The molecule has 3 heterocycles. The Labute approximate surface area is 105 Å². The van der Waals surface area contributed by atoms with Crippen molar-refractivity contribution < 1.29 is 4.74 Å². The summed E-state index contributed by atoms with van der Waals surface area (Å²) in [7, 11) is 1.72. The van der Waals surface area contributed by atoms with Gasteiger partial charge in [-0.15, -0.1) is 0 Å². The molecule has 0 bridgehead atoms. The molecule has 0 aliphatic carbocycles. The third-order valence-electron chi connectivity index (χ3n) is 3.34. The van der Waals surface area contributed by atoms with Crippen LogP contribution < -0.4 is 4.74 Å². The molecule has 90 valence electrons. The number of pyridine rings is 1. The number of nitrogens with zero attached hydrogens (tertiary/aromatic N) is 2. The van der Waals surface area contributed by atoms with E-state index in [0.29, 0.717) is 5.92 Å². The maximum atomic E-state index is 5.44. The highest BCUT2D eigenvalue weighted by Crippen LogP contribution is 2.32. The van der Waals surface area contributed by atoms with Gasteiger partial charge in [-0.25, -0.2) is 4.98 Å². The summed E-state index contributed by atoms with van der Waals surface area (Å²) >= 11 is 2.04. The van der Waals surface area contributed by atoms with Crippen LogP contribution in [0.15, 0.2) is 24.4 Å². The van der Waals surface area contributed by atoms with E-state index in [-0.39, 0.29) is 0 Å². The van der Waals surface area contributed by atoms with Crippen molar-refractivity contribution in [3.8, 4) is 5.88 Å². The van der Waals surface area contributed by atoms with E-state index in [1.54, 1.807) is 7.11 Å². The summed E-state index contributed by atoms with van der Waals surface area (Å²) in [4.78, 5) is 4.60. The van der Waals surface area contributed by atoms with Gasteiger partial charge in [0.05, 0.1) is 18.8 Å². The van der Waals surface area contributed by atoms with Crippen molar-refractivity contribution in [2.45, 2.75) is 18.8 Å². The molecule has 1 fully saturated rings. The van der Waals surface area contributed by atoms with Crippen LogP contribution in [0.2, 0.25) is 0 Å². The Morgan fingerprint density at radius 3 is 2.94 bits per heavy atom. The molecule has 17 heavy (non-hydrogen) atoms. The van der Waals surface area contributed by atoms with Gasteiger partial charge in [-0.05, 0) is 36.5 Å². The average molecular weight is 248 g/mol. The lowest BCUT2D eigenvalue weighted by atomic mass is 10.0. The van der Waals surface area contributed by atoms with Gasteiger partial charge < -0.3 is 4.74 Å². The van der Waals surface area contributed by atoms with Crippen molar-refractivity contribution in [3.05, 3.63) is 30.2 Å². The van der Waals surface area contributed by atoms with Crippen molar-refractivity contribution in [1.82, 2.24) is 9.38 Å². The molecule has 3 rings (SSSR count). The minimum Gasteiger partial charge on any atom is -0.482 e.